The Labute approximate surface area is 145 Å². The second-order valence-corrected chi connectivity index (χ2v) is 5.05. The van der Waals surface area contributed by atoms with E-state index in [9.17, 15) is 22.8 Å². The summed E-state index contributed by atoms with van der Waals surface area (Å²) in [4.78, 5) is 27.2. The summed E-state index contributed by atoms with van der Waals surface area (Å²) >= 11 is 5.72. The minimum absolute atomic E-state index is 0.0338. The highest BCUT2D eigenvalue weighted by Crippen LogP contribution is 2.29. The van der Waals surface area contributed by atoms with Gasteiger partial charge in [0.05, 0.1) is 16.7 Å². The molecule has 0 bridgehead atoms. The summed E-state index contributed by atoms with van der Waals surface area (Å²) in [6, 6.07) is 6.73. The van der Waals surface area contributed by atoms with Gasteiger partial charge in [-0.2, -0.15) is 13.2 Å². The highest BCUT2D eigenvalue weighted by molar-refractivity contribution is 6.32. The minimum atomic E-state index is -4.56. The van der Waals surface area contributed by atoms with Gasteiger partial charge < -0.3 is 9.47 Å². The lowest BCUT2D eigenvalue weighted by Gasteiger charge is -2.09. The number of ether oxygens (including phenoxy) is 2. The van der Waals surface area contributed by atoms with Gasteiger partial charge in [0.15, 0.2) is 0 Å². The Balaban J connectivity index is 1.85. The zero-order valence-corrected chi connectivity index (χ0v) is 13.3. The molecule has 1 aromatic heterocycles. The number of halogens is 4. The van der Waals surface area contributed by atoms with Crippen LogP contribution in [-0.2, 0) is 15.7 Å². The Morgan fingerprint density at radius 1 is 1.04 bits per heavy atom. The van der Waals surface area contributed by atoms with Crippen molar-refractivity contribution in [2.45, 2.75) is 6.18 Å². The minimum Gasteiger partial charge on any atom is -0.458 e. The molecule has 0 spiro atoms. The van der Waals surface area contributed by atoms with Gasteiger partial charge in [0.1, 0.15) is 18.4 Å². The number of alkyl halides is 3. The first-order valence-corrected chi connectivity index (χ1v) is 7.29. The summed E-state index contributed by atoms with van der Waals surface area (Å²) in [6.07, 6.45) is -3.16. The Morgan fingerprint density at radius 2 is 1.72 bits per heavy atom. The molecule has 0 aliphatic carbocycles. The SMILES string of the molecule is O=C(OCCOC(=O)c1cccnc1Cl)c1cccc(C(F)(F)F)c1. The molecule has 0 N–H and O–H groups in total. The summed E-state index contributed by atoms with van der Waals surface area (Å²) in [5, 5.41) is -0.0338. The van der Waals surface area contributed by atoms with E-state index in [-0.39, 0.29) is 29.5 Å². The molecule has 0 saturated carbocycles. The third kappa shape index (κ3) is 5.18. The number of carbonyl (C=O) groups is 2. The zero-order chi connectivity index (χ0) is 18.4. The first-order chi connectivity index (χ1) is 11.8. The van der Waals surface area contributed by atoms with Crippen LogP contribution in [0.3, 0.4) is 0 Å². The summed E-state index contributed by atoms with van der Waals surface area (Å²) in [5.41, 5.74) is -1.16. The monoisotopic (exact) mass is 373 g/mol. The van der Waals surface area contributed by atoms with Crippen molar-refractivity contribution in [1.29, 1.82) is 0 Å². The van der Waals surface area contributed by atoms with Crippen LogP contribution in [-0.4, -0.2) is 30.1 Å². The van der Waals surface area contributed by atoms with Crippen LogP contribution in [0.4, 0.5) is 13.2 Å². The van der Waals surface area contributed by atoms with Crippen LogP contribution in [0.5, 0.6) is 0 Å². The van der Waals surface area contributed by atoms with Gasteiger partial charge in [-0.3, -0.25) is 0 Å². The number of hydrogen-bond acceptors (Lipinski definition) is 5. The fourth-order valence-corrected chi connectivity index (χ4v) is 1.99. The van der Waals surface area contributed by atoms with Gasteiger partial charge in [0, 0.05) is 6.20 Å². The van der Waals surface area contributed by atoms with E-state index in [1.165, 1.54) is 24.4 Å². The number of esters is 2. The lowest BCUT2D eigenvalue weighted by atomic mass is 10.1. The molecule has 0 saturated heterocycles. The molecule has 25 heavy (non-hydrogen) atoms. The summed E-state index contributed by atoms with van der Waals surface area (Å²) in [7, 11) is 0. The molecule has 9 heteroatoms. The second kappa shape index (κ2) is 7.98. The van der Waals surface area contributed by atoms with Crippen LogP contribution < -0.4 is 0 Å². The Kier molecular flexibility index (Phi) is 5.97. The number of aromatic nitrogens is 1. The molecule has 0 radical (unpaired) electrons. The van der Waals surface area contributed by atoms with Gasteiger partial charge in [-0.15, -0.1) is 0 Å². The Bertz CT molecular complexity index is 780. The molecule has 1 heterocycles. The molecule has 0 aliphatic heterocycles. The summed E-state index contributed by atoms with van der Waals surface area (Å²) < 4.78 is 47.4. The van der Waals surface area contributed by atoms with Crippen LogP contribution in [0.25, 0.3) is 0 Å². The van der Waals surface area contributed by atoms with Crippen molar-refractivity contribution in [3.8, 4) is 0 Å². The van der Waals surface area contributed by atoms with Gasteiger partial charge >= 0.3 is 18.1 Å². The lowest BCUT2D eigenvalue weighted by Crippen LogP contribution is -2.15. The molecular weight excluding hydrogens is 363 g/mol. The molecule has 5 nitrogen and oxygen atoms in total. The number of carbonyl (C=O) groups excluding carboxylic acids is 2. The van der Waals surface area contributed by atoms with E-state index in [1.807, 2.05) is 0 Å². The molecule has 0 atom stereocenters. The fraction of sp³-hybridized carbons (Fsp3) is 0.188. The van der Waals surface area contributed by atoms with E-state index in [4.69, 9.17) is 21.1 Å². The molecule has 2 aromatic rings. The van der Waals surface area contributed by atoms with Crippen LogP contribution in [0.1, 0.15) is 26.3 Å². The first-order valence-electron chi connectivity index (χ1n) is 6.91. The number of benzene rings is 1. The molecule has 132 valence electrons. The van der Waals surface area contributed by atoms with E-state index in [0.717, 1.165) is 12.1 Å². The predicted molar refractivity (Wildman–Crippen MR) is 81.3 cm³/mol. The average Bonchev–Trinajstić information content (AvgIpc) is 2.58. The molecule has 1 aromatic carbocycles. The van der Waals surface area contributed by atoms with Gasteiger partial charge in [-0.25, -0.2) is 14.6 Å². The maximum absolute atomic E-state index is 12.6. The van der Waals surface area contributed by atoms with Crippen molar-refractivity contribution in [1.82, 2.24) is 4.98 Å². The van der Waals surface area contributed by atoms with Gasteiger partial charge in [0.2, 0.25) is 0 Å². The highest BCUT2D eigenvalue weighted by atomic mass is 35.5. The molecule has 0 aliphatic rings. The number of nitrogens with zero attached hydrogens (tertiary/aromatic N) is 1. The van der Waals surface area contributed by atoms with Crippen molar-refractivity contribution in [3.63, 3.8) is 0 Å². The van der Waals surface area contributed by atoms with E-state index in [0.29, 0.717) is 6.07 Å². The first kappa shape index (κ1) is 18.7. The summed E-state index contributed by atoms with van der Waals surface area (Å²) in [6.45, 7) is -0.604. The third-order valence-corrected chi connectivity index (χ3v) is 3.26. The molecule has 0 amide bonds. The van der Waals surface area contributed by atoms with Crippen molar-refractivity contribution < 1.29 is 32.2 Å². The predicted octanol–water partition coefficient (Wildman–Crippen LogP) is 3.77. The standard InChI is InChI=1S/C16H11ClF3NO4/c17-13-12(5-2-6-21-13)15(23)25-8-7-24-14(22)10-3-1-4-11(9-10)16(18,19)20/h1-6,9H,7-8H2. The molecular formula is C16H11ClF3NO4. The smallest absolute Gasteiger partial charge is 0.416 e. The van der Waals surface area contributed by atoms with E-state index < -0.39 is 23.7 Å². The maximum Gasteiger partial charge on any atom is 0.416 e. The van der Waals surface area contributed by atoms with Gasteiger partial charge in [-0.1, -0.05) is 17.7 Å². The molecule has 0 unspecified atom stereocenters. The van der Waals surface area contributed by atoms with Gasteiger partial charge in [0.25, 0.3) is 0 Å². The van der Waals surface area contributed by atoms with Crippen LogP contribution in [0.2, 0.25) is 5.15 Å². The average molecular weight is 374 g/mol. The number of rotatable bonds is 5. The number of hydrogen-bond donors (Lipinski definition) is 0. The Morgan fingerprint density at radius 3 is 2.36 bits per heavy atom. The van der Waals surface area contributed by atoms with Crippen LogP contribution >= 0.6 is 11.6 Å². The Hall–Kier alpha value is -2.61. The van der Waals surface area contributed by atoms with Crippen molar-refractivity contribution in [2.24, 2.45) is 0 Å². The fourth-order valence-electron chi connectivity index (χ4n) is 1.79. The van der Waals surface area contributed by atoms with Crippen LogP contribution in [0, 0.1) is 0 Å². The van der Waals surface area contributed by atoms with E-state index >= 15 is 0 Å². The molecule has 2 rings (SSSR count). The highest BCUT2D eigenvalue weighted by Gasteiger charge is 2.31. The molecule has 0 fully saturated rings. The third-order valence-electron chi connectivity index (χ3n) is 2.95. The van der Waals surface area contributed by atoms with Gasteiger partial charge in [-0.05, 0) is 30.3 Å². The van der Waals surface area contributed by atoms with Crippen molar-refractivity contribution >= 4 is 23.5 Å². The van der Waals surface area contributed by atoms with Crippen molar-refractivity contribution in [2.75, 3.05) is 13.2 Å². The second-order valence-electron chi connectivity index (χ2n) is 4.69. The topological polar surface area (TPSA) is 65.5 Å². The number of pyridine rings is 1. The lowest BCUT2D eigenvalue weighted by molar-refractivity contribution is -0.137. The zero-order valence-electron chi connectivity index (χ0n) is 12.5. The van der Waals surface area contributed by atoms with E-state index in [2.05, 4.69) is 4.98 Å². The quantitative estimate of drug-likeness (QED) is 0.453. The normalized spacial score (nSPS) is 11.0. The largest absolute Gasteiger partial charge is 0.458 e. The summed E-state index contributed by atoms with van der Waals surface area (Å²) in [5.74, 6) is -1.71. The van der Waals surface area contributed by atoms with E-state index in [1.54, 1.807) is 0 Å². The maximum atomic E-state index is 12.6. The van der Waals surface area contributed by atoms with Crippen LogP contribution in [0.15, 0.2) is 42.6 Å². The van der Waals surface area contributed by atoms with Crippen molar-refractivity contribution in [3.05, 3.63) is 64.4 Å².